The summed E-state index contributed by atoms with van der Waals surface area (Å²) in [5.41, 5.74) is 19.6. The van der Waals surface area contributed by atoms with Gasteiger partial charge in [0.1, 0.15) is 18.1 Å². The fraction of sp³-hybridized carbons (Fsp3) is 0.297. The average molecular weight is 637 g/mol. The second-order valence-corrected chi connectivity index (χ2v) is 11.7. The van der Waals surface area contributed by atoms with E-state index < -0.39 is 35.8 Å². The highest BCUT2D eigenvalue weighted by molar-refractivity contribution is 6.11. The summed E-state index contributed by atoms with van der Waals surface area (Å²) in [4.78, 5) is 57.5. The Bertz CT molecular complexity index is 1690. The lowest BCUT2D eigenvalue weighted by atomic mass is 10.0. The van der Waals surface area contributed by atoms with Gasteiger partial charge in [-0.25, -0.2) is 0 Å². The normalized spacial score (nSPS) is 12.9. The van der Waals surface area contributed by atoms with Gasteiger partial charge in [0.2, 0.25) is 17.7 Å². The first-order valence-corrected chi connectivity index (χ1v) is 15.9. The maximum atomic E-state index is 14.4. The van der Waals surface area contributed by atoms with Gasteiger partial charge >= 0.3 is 0 Å². The summed E-state index contributed by atoms with van der Waals surface area (Å²) < 4.78 is 0. The van der Waals surface area contributed by atoms with E-state index in [-0.39, 0.29) is 18.9 Å². The summed E-state index contributed by atoms with van der Waals surface area (Å²) in [6.07, 6.45) is 1.79. The number of carbonyl (C=O) groups excluding carboxylic acids is 4. The Kier molecular flexibility index (Phi) is 12.2. The zero-order valence-corrected chi connectivity index (χ0v) is 27.0. The molecule has 10 nitrogen and oxygen atoms in total. The number of nitrogens with zero attached hydrogens (tertiary/aromatic N) is 2. The van der Waals surface area contributed by atoms with Crippen LogP contribution in [0.5, 0.6) is 0 Å². The molecule has 0 aromatic heterocycles. The van der Waals surface area contributed by atoms with Gasteiger partial charge in [0.15, 0.2) is 0 Å². The fourth-order valence-corrected chi connectivity index (χ4v) is 5.66. The highest BCUT2D eigenvalue weighted by atomic mass is 16.2. The number of primary amides is 1. The van der Waals surface area contributed by atoms with Gasteiger partial charge in [-0.3, -0.25) is 24.1 Å². The monoisotopic (exact) mass is 636 g/mol. The zero-order valence-electron chi connectivity index (χ0n) is 27.0. The van der Waals surface area contributed by atoms with Crippen molar-refractivity contribution >= 4 is 40.1 Å². The van der Waals surface area contributed by atoms with E-state index in [4.69, 9.17) is 17.2 Å². The SMILES string of the molecule is CC(C(=O)N(C)C(Cc1ccccc1)C(=O)NC(CCCCN)C(N)=O)N(C(=O)c1cccc(CN)c1)c1ccc2ccccc2c1. The number of hydrogen-bond donors (Lipinski definition) is 4. The van der Waals surface area contributed by atoms with Crippen LogP contribution in [0, 0.1) is 0 Å². The Morgan fingerprint density at radius 2 is 1.47 bits per heavy atom. The lowest BCUT2D eigenvalue weighted by Crippen LogP contribution is -2.57. The van der Waals surface area contributed by atoms with Crippen LogP contribution in [0.25, 0.3) is 10.8 Å². The van der Waals surface area contributed by atoms with Crippen molar-refractivity contribution in [3.05, 3.63) is 114 Å². The molecule has 0 fully saturated rings. The van der Waals surface area contributed by atoms with E-state index >= 15 is 0 Å². The second kappa shape index (κ2) is 16.5. The van der Waals surface area contributed by atoms with Gasteiger partial charge in [0.05, 0.1) is 0 Å². The summed E-state index contributed by atoms with van der Waals surface area (Å²) in [7, 11) is 1.54. The molecule has 10 heteroatoms. The first-order chi connectivity index (χ1) is 22.6. The lowest BCUT2D eigenvalue weighted by molar-refractivity contribution is -0.140. The Balaban J connectivity index is 1.70. The number of rotatable bonds is 15. The molecule has 0 aliphatic heterocycles. The number of likely N-dealkylation sites (N-methyl/N-ethyl adjacent to an activating group) is 1. The van der Waals surface area contributed by atoms with Crippen LogP contribution in [-0.2, 0) is 27.3 Å². The van der Waals surface area contributed by atoms with Crippen molar-refractivity contribution in [1.29, 1.82) is 0 Å². The number of anilines is 1. The van der Waals surface area contributed by atoms with Crippen LogP contribution in [0.2, 0.25) is 0 Å². The first-order valence-electron chi connectivity index (χ1n) is 15.9. The molecule has 7 N–H and O–H groups in total. The smallest absolute Gasteiger partial charge is 0.259 e. The quantitative estimate of drug-likeness (QED) is 0.146. The van der Waals surface area contributed by atoms with Gasteiger partial charge in [-0.05, 0) is 78.9 Å². The molecule has 3 unspecified atom stereocenters. The molecule has 4 rings (SSSR count). The first kappa shape index (κ1) is 34.8. The number of fused-ring (bicyclic) bond motifs is 1. The maximum Gasteiger partial charge on any atom is 0.259 e. The third-order valence-corrected chi connectivity index (χ3v) is 8.38. The van der Waals surface area contributed by atoms with Crippen LogP contribution < -0.4 is 27.4 Å². The standard InChI is InChI=1S/C37H44N6O4/c1-25(43(37(47)30-16-10-13-27(21-30)24-39)31-19-18-28-14-6-7-15-29(28)23-31)36(46)42(2)33(22-26-11-4-3-5-12-26)35(45)41-32(34(40)44)17-8-9-20-38/h3-7,10-16,18-19,21,23,25,32-33H,8-9,17,20,22,24,38-39H2,1-2H3,(H2,40,44)(H,41,45). The summed E-state index contributed by atoms with van der Waals surface area (Å²) in [6.45, 7) is 2.35. The van der Waals surface area contributed by atoms with Crippen molar-refractivity contribution in [2.24, 2.45) is 17.2 Å². The zero-order chi connectivity index (χ0) is 33.9. The molecule has 0 saturated carbocycles. The van der Waals surface area contributed by atoms with Gasteiger partial charge in [0, 0.05) is 31.3 Å². The molecular weight excluding hydrogens is 592 g/mol. The number of hydrogen-bond acceptors (Lipinski definition) is 6. The van der Waals surface area contributed by atoms with Gasteiger partial charge in [-0.15, -0.1) is 0 Å². The molecule has 0 spiro atoms. The molecule has 0 radical (unpaired) electrons. The van der Waals surface area contributed by atoms with Crippen LogP contribution in [-0.4, -0.2) is 60.2 Å². The van der Waals surface area contributed by atoms with Crippen LogP contribution in [0.4, 0.5) is 5.69 Å². The van der Waals surface area contributed by atoms with Crippen molar-refractivity contribution in [2.75, 3.05) is 18.5 Å². The summed E-state index contributed by atoms with van der Waals surface area (Å²) in [5.74, 6) is -2.03. The van der Waals surface area contributed by atoms with E-state index in [1.165, 1.54) is 16.8 Å². The highest BCUT2D eigenvalue weighted by Crippen LogP contribution is 2.27. The number of carbonyl (C=O) groups is 4. The molecule has 47 heavy (non-hydrogen) atoms. The molecule has 4 amide bonds. The van der Waals surface area contributed by atoms with Crippen molar-refractivity contribution in [1.82, 2.24) is 10.2 Å². The van der Waals surface area contributed by atoms with Crippen LogP contribution in [0.1, 0.15) is 47.7 Å². The molecule has 0 saturated heterocycles. The van der Waals surface area contributed by atoms with Crippen molar-refractivity contribution in [3.63, 3.8) is 0 Å². The predicted octanol–water partition coefficient (Wildman–Crippen LogP) is 3.50. The van der Waals surface area contributed by atoms with Crippen molar-refractivity contribution in [2.45, 2.75) is 57.3 Å². The minimum atomic E-state index is -1.02. The summed E-state index contributed by atoms with van der Waals surface area (Å²) in [5, 5.41) is 4.66. The van der Waals surface area contributed by atoms with Gasteiger partial charge < -0.3 is 27.4 Å². The molecular formula is C37H44N6O4. The fourth-order valence-electron chi connectivity index (χ4n) is 5.66. The van der Waals surface area contributed by atoms with E-state index in [0.717, 1.165) is 21.9 Å². The van der Waals surface area contributed by atoms with E-state index in [1.54, 1.807) is 25.1 Å². The topological polar surface area (TPSA) is 165 Å². The van der Waals surface area contributed by atoms with Crippen LogP contribution >= 0.6 is 0 Å². The molecule has 3 atom stereocenters. The van der Waals surface area contributed by atoms with Crippen LogP contribution in [0.15, 0.2) is 97.1 Å². The largest absolute Gasteiger partial charge is 0.368 e. The summed E-state index contributed by atoms with van der Waals surface area (Å²) >= 11 is 0. The highest BCUT2D eigenvalue weighted by Gasteiger charge is 2.36. The van der Waals surface area contributed by atoms with E-state index in [2.05, 4.69) is 5.32 Å². The maximum absolute atomic E-state index is 14.4. The van der Waals surface area contributed by atoms with E-state index in [9.17, 15) is 19.2 Å². The minimum absolute atomic E-state index is 0.179. The lowest BCUT2D eigenvalue weighted by Gasteiger charge is -2.35. The second-order valence-electron chi connectivity index (χ2n) is 11.7. The Morgan fingerprint density at radius 1 is 0.787 bits per heavy atom. The Morgan fingerprint density at radius 3 is 2.15 bits per heavy atom. The van der Waals surface area contributed by atoms with Gasteiger partial charge in [0.25, 0.3) is 5.91 Å². The molecule has 4 aromatic carbocycles. The Hall–Kier alpha value is -5.06. The van der Waals surface area contributed by atoms with E-state index in [1.807, 2.05) is 78.9 Å². The third-order valence-electron chi connectivity index (χ3n) is 8.38. The minimum Gasteiger partial charge on any atom is -0.368 e. The number of nitrogens with two attached hydrogens (primary N) is 3. The predicted molar refractivity (Wildman–Crippen MR) is 185 cm³/mol. The van der Waals surface area contributed by atoms with Crippen molar-refractivity contribution < 1.29 is 19.2 Å². The molecule has 4 aromatic rings. The number of amides is 4. The third kappa shape index (κ3) is 8.81. The number of benzene rings is 4. The molecule has 0 aliphatic carbocycles. The Labute approximate surface area is 275 Å². The molecule has 0 bridgehead atoms. The van der Waals surface area contributed by atoms with Crippen molar-refractivity contribution in [3.8, 4) is 0 Å². The number of unbranched alkanes of at least 4 members (excludes halogenated alkanes) is 1. The average Bonchev–Trinajstić information content (AvgIpc) is 3.09. The van der Waals surface area contributed by atoms with E-state index in [0.29, 0.717) is 37.1 Å². The van der Waals surface area contributed by atoms with Gasteiger partial charge in [-0.2, -0.15) is 0 Å². The molecule has 0 aliphatic rings. The van der Waals surface area contributed by atoms with Gasteiger partial charge in [-0.1, -0.05) is 72.8 Å². The molecule has 246 valence electrons. The van der Waals surface area contributed by atoms with Crippen LogP contribution in [0.3, 0.4) is 0 Å². The summed E-state index contributed by atoms with van der Waals surface area (Å²) in [6, 6.07) is 26.7. The molecule has 0 heterocycles. The number of nitrogens with one attached hydrogen (secondary N) is 1.